The van der Waals surface area contributed by atoms with E-state index in [1.165, 1.54) is 19.8 Å². The lowest BCUT2D eigenvalue weighted by Gasteiger charge is -2.05. The van der Waals surface area contributed by atoms with Gasteiger partial charge in [0.1, 0.15) is 12.7 Å². The van der Waals surface area contributed by atoms with Crippen LogP contribution in [-0.4, -0.2) is 57.7 Å². The molecule has 1 atom stereocenters. The number of esters is 1. The van der Waals surface area contributed by atoms with Gasteiger partial charge in [0.25, 0.3) is 0 Å². The van der Waals surface area contributed by atoms with Crippen LogP contribution in [-0.2, 0) is 19.1 Å². The van der Waals surface area contributed by atoms with Crippen LogP contribution in [0.5, 0.6) is 0 Å². The van der Waals surface area contributed by atoms with Gasteiger partial charge in [0.05, 0.1) is 6.61 Å². The third-order valence-electron chi connectivity index (χ3n) is 3.18. The molecule has 8 nitrogen and oxygen atoms in total. The Bertz CT molecular complexity index is 336. The van der Waals surface area contributed by atoms with Crippen LogP contribution in [0.1, 0.15) is 85.0 Å². The molecule has 27 heavy (non-hydrogen) atoms. The molecule has 0 spiro atoms. The first-order chi connectivity index (χ1) is 12.7. The molecule has 0 aromatic heterocycles. The summed E-state index contributed by atoms with van der Waals surface area (Å²) in [6, 6.07) is 0. The highest BCUT2D eigenvalue weighted by Crippen LogP contribution is 2.02. The lowest BCUT2D eigenvalue weighted by Crippen LogP contribution is -2.20. The molecule has 0 aliphatic carbocycles. The van der Waals surface area contributed by atoms with Gasteiger partial charge in [-0.1, -0.05) is 52.4 Å². The van der Waals surface area contributed by atoms with Crippen LogP contribution in [0.25, 0.3) is 0 Å². The summed E-state index contributed by atoms with van der Waals surface area (Å²) in [5.41, 5.74) is 0. The molecule has 0 bridgehead atoms. The van der Waals surface area contributed by atoms with Crippen LogP contribution >= 0.6 is 0 Å². The maximum atomic E-state index is 10.0. The molecule has 8 heteroatoms. The second kappa shape index (κ2) is 24.3. The Labute approximate surface area is 162 Å². The molecule has 0 saturated heterocycles. The van der Waals surface area contributed by atoms with Crippen molar-refractivity contribution in [3.05, 3.63) is 0 Å². The Balaban J connectivity index is -0.000000320. The first-order valence-electron chi connectivity index (χ1n) is 9.56. The molecule has 0 aliphatic rings. The molecule has 4 N–H and O–H groups in total. The number of carboxylic acid groups (broad SMARTS) is 2. The third-order valence-corrected chi connectivity index (χ3v) is 3.18. The number of ether oxygens (including phenoxy) is 1. The van der Waals surface area contributed by atoms with E-state index in [4.69, 9.17) is 20.4 Å². The van der Waals surface area contributed by atoms with Crippen LogP contribution in [0, 0.1) is 0 Å². The van der Waals surface area contributed by atoms with E-state index in [1.807, 2.05) is 0 Å². The van der Waals surface area contributed by atoms with Gasteiger partial charge in [0, 0.05) is 19.8 Å². The summed E-state index contributed by atoms with van der Waals surface area (Å²) in [5.74, 6) is -1.81. The molecule has 1 unspecified atom stereocenters. The highest BCUT2D eigenvalue weighted by molar-refractivity contribution is 5.66. The zero-order valence-electron chi connectivity index (χ0n) is 17.0. The summed E-state index contributed by atoms with van der Waals surface area (Å²) < 4.78 is 4.35. The fourth-order valence-electron chi connectivity index (χ4n) is 1.67. The third kappa shape index (κ3) is 40.4. The normalized spacial score (nSPS) is 10.6. The number of hydrogen-bond acceptors (Lipinski definition) is 6. The van der Waals surface area contributed by atoms with Gasteiger partial charge in [0.2, 0.25) is 0 Å². The van der Waals surface area contributed by atoms with Gasteiger partial charge in [-0.2, -0.15) is 0 Å². The molecule has 0 rings (SSSR count). The summed E-state index contributed by atoms with van der Waals surface area (Å²) in [6.45, 7) is 4.95. The van der Waals surface area contributed by atoms with Crippen molar-refractivity contribution in [3.8, 4) is 0 Å². The van der Waals surface area contributed by atoms with E-state index < -0.39 is 24.0 Å². The molecule has 0 aromatic rings. The Morgan fingerprint density at radius 1 is 0.815 bits per heavy atom. The molecule has 0 aliphatic heterocycles. The maximum absolute atomic E-state index is 10.0. The summed E-state index contributed by atoms with van der Waals surface area (Å²) in [6.07, 6.45) is 8.16. The van der Waals surface area contributed by atoms with Gasteiger partial charge >= 0.3 is 17.9 Å². The van der Waals surface area contributed by atoms with Gasteiger partial charge in [-0.25, -0.2) is 0 Å². The van der Waals surface area contributed by atoms with E-state index in [9.17, 15) is 14.4 Å². The smallest absolute Gasteiger partial charge is 0.303 e. The fraction of sp³-hybridized carbons (Fsp3) is 0.842. The van der Waals surface area contributed by atoms with Crippen LogP contribution in [0.2, 0.25) is 0 Å². The van der Waals surface area contributed by atoms with Crippen molar-refractivity contribution in [3.63, 3.8) is 0 Å². The first kappa shape index (κ1) is 30.1. The average molecular weight is 395 g/mol. The standard InChI is InChI=1S/2C7H14O2.C5H10O4/c2*1-2-3-4-5-6-7(8)9;1-4(7)9-3-5(8)2-6/h2*2-6H2,1H3,(H,8,9);5-6,8H,2-3H2,1H3. The van der Waals surface area contributed by atoms with Crippen LogP contribution in [0.15, 0.2) is 0 Å². The predicted molar refractivity (Wildman–Crippen MR) is 103 cm³/mol. The minimum absolute atomic E-state index is 0.133. The highest BCUT2D eigenvalue weighted by atomic mass is 16.5. The number of carboxylic acids is 2. The minimum atomic E-state index is -0.950. The van der Waals surface area contributed by atoms with Crippen molar-refractivity contribution in [2.24, 2.45) is 0 Å². The lowest BCUT2D eigenvalue weighted by atomic mass is 10.2. The van der Waals surface area contributed by atoms with E-state index in [-0.39, 0.29) is 13.2 Å². The van der Waals surface area contributed by atoms with E-state index in [1.54, 1.807) is 0 Å². The molecule has 0 heterocycles. The van der Waals surface area contributed by atoms with Gasteiger partial charge in [0.15, 0.2) is 0 Å². The lowest BCUT2D eigenvalue weighted by molar-refractivity contribution is -0.144. The number of unbranched alkanes of at least 4 members (excludes halogenated alkanes) is 6. The van der Waals surface area contributed by atoms with Gasteiger partial charge in [-0.15, -0.1) is 0 Å². The van der Waals surface area contributed by atoms with E-state index in [0.29, 0.717) is 12.8 Å². The van der Waals surface area contributed by atoms with E-state index >= 15 is 0 Å². The largest absolute Gasteiger partial charge is 0.481 e. The monoisotopic (exact) mass is 394 g/mol. The SMILES string of the molecule is CC(=O)OCC(O)CO.CCCCCCC(=O)O.CCCCCCC(=O)O. The van der Waals surface area contributed by atoms with Crippen LogP contribution in [0.4, 0.5) is 0 Å². The molecular formula is C19H38O8. The molecule has 0 aromatic carbocycles. The van der Waals surface area contributed by atoms with Crippen molar-refractivity contribution < 1.29 is 39.5 Å². The maximum Gasteiger partial charge on any atom is 0.303 e. The minimum Gasteiger partial charge on any atom is -0.481 e. The van der Waals surface area contributed by atoms with E-state index in [2.05, 4.69) is 18.6 Å². The van der Waals surface area contributed by atoms with Crippen molar-refractivity contribution in [1.82, 2.24) is 0 Å². The average Bonchev–Trinajstić information content (AvgIpc) is 2.61. The summed E-state index contributed by atoms with van der Waals surface area (Å²) in [4.78, 5) is 30.0. The number of carbonyl (C=O) groups excluding carboxylic acids is 1. The quantitative estimate of drug-likeness (QED) is 0.276. The Kier molecular flexibility index (Phi) is 27.1. The molecule has 0 amide bonds. The number of hydrogen-bond donors (Lipinski definition) is 4. The number of aliphatic hydroxyl groups is 2. The second-order valence-corrected chi connectivity index (χ2v) is 6.05. The number of aliphatic hydroxyl groups excluding tert-OH is 2. The van der Waals surface area contributed by atoms with Crippen LogP contribution in [0.3, 0.4) is 0 Å². The van der Waals surface area contributed by atoms with Gasteiger partial charge in [-0.3, -0.25) is 14.4 Å². The van der Waals surface area contributed by atoms with Crippen molar-refractivity contribution in [1.29, 1.82) is 0 Å². The van der Waals surface area contributed by atoms with Crippen molar-refractivity contribution >= 4 is 17.9 Å². The number of rotatable bonds is 13. The van der Waals surface area contributed by atoms with Gasteiger partial charge < -0.3 is 25.2 Å². The Morgan fingerprint density at radius 3 is 1.48 bits per heavy atom. The van der Waals surface area contributed by atoms with Crippen LogP contribution < -0.4 is 0 Å². The summed E-state index contributed by atoms with van der Waals surface area (Å²) in [7, 11) is 0. The molecular weight excluding hydrogens is 356 g/mol. The van der Waals surface area contributed by atoms with Crippen molar-refractivity contribution in [2.75, 3.05) is 13.2 Å². The molecule has 0 radical (unpaired) electrons. The molecule has 0 saturated carbocycles. The molecule has 0 fully saturated rings. The number of carbonyl (C=O) groups is 3. The Morgan fingerprint density at radius 2 is 1.22 bits per heavy atom. The number of aliphatic carboxylic acids is 2. The fourth-order valence-corrected chi connectivity index (χ4v) is 1.67. The Hall–Kier alpha value is -1.67. The first-order valence-corrected chi connectivity index (χ1v) is 9.56. The van der Waals surface area contributed by atoms with E-state index in [0.717, 1.165) is 38.5 Å². The predicted octanol–water partition coefficient (Wildman–Crippen LogP) is 2.99. The summed E-state index contributed by atoms with van der Waals surface area (Å²) in [5, 5.41) is 33.2. The zero-order chi connectivity index (χ0) is 21.5. The zero-order valence-corrected chi connectivity index (χ0v) is 17.0. The summed E-state index contributed by atoms with van der Waals surface area (Å²) >= 11 is 0. The van der Waals surface area contributed by atoms with Gasteiger partial charge in [-0.05, 0) is 12.8 Å². The topological polar surface area (TPSA) is 141 Å². The molecule has 162 valence electrons. The second-order valence-electron chi connectivity index (χ2n) is 6.05. The van der Waals surface area contributed by atoms with Crippen molar-refractivity contribution in [2.45, 2.75) is 91.1 Å². The highest BCUT2D eigenvalue weighted by Gasteiger charge is 2.02.